The molecule has 0 aliphatic heterocycles. The molecular formula is C55H40N6. The maximum Gasteiger partial charge on any atom is 0.156 e. The number of rotatable bonds is 8. The molecule has 0 atom stereocenters. The minimum Gasteiger partial charge on any atom is -0.292 e. The zero-order valence-electron chi connectivity index (χ0n) is 33.8. The van der Waals surface area contributed by atoms with Crippen molar-refractivity contribution >= 4 is 55.9 Å². The molecule has 2 heterocycles. The Hall–Kier alpha value is -7.96. The lowest BCUT2D eigenvalue weighted by molar-refractivity contribution is 0.661. The van der Waals surface area contributed by atoms with Gasteiger partial charge in [0.15, 0.2) is 11.6 Å². The van der Waals surface area contributed by atoms with Crippen LogP contribution in [0.3, 0.4) is 0 Å². The van der Waals surface area contributed by atoms with Gasteiger partial charge in [-0.3, -0.25) is 19.8 Å². The standard InChI is InChI=1S/C55H40N6/c1-55(2)47-26-14-11-23-41(47)44-33-45-46(34-48(44)55)54(61(52-36-57-30-32-59-52)50-28-16-13-22-40(50)38-19-7-4-8-20-38)43-25-10-9-24-42(43)53(45)60(51-35-56-29-31-58-51)49-27-15-12-21-39(49)37-17-5-3-6-18-37/h3-36H,1-2H3. The third-order valence-corrected chi connectivity index (χ3v) is 12.1. The second kappa shape index (κ2) is 14.7. The van der Waals surface area contributed by atoms with Crippen LogP contribution < -0.4 is 9.80 Å². The highest BCUT2D eigenvalue weighted by Crippen LogP contribution is 2.57. The SMILES string of the molecule is CC1(C)c2ccccc2-c2cc3c(N(c4cnccn4)c4ccccc4-c4ccccc4)c4ccccc4c(N(c4cnccn4)c4ccccc4-c4ccccc4)c3cc21. The number of aromatic nitrogens is 4. The lowest BCUT2D eigenvalue weighted by Crippen LogP contribution is -2.18. The van der Waals surface area contributed by atoms with Crippen molar-refractivity contribution in [2.75, 3.05) is 9.80 Å². The molecule has 11 rings (SSSR count). The van der Waals surface area contributed by atoms with E-state index in [0.717, 1.165) is 66.5 Å². The van der Waals surface area contributed by atoms with Gasteiger partial charge in [-0.25, -0.2) is 9.97 Å². The fourth-order valence-corrected chi connectivity index (χ4v) is 9.40. The van der Waals surface area contributed by atoms with E-state index in [9.17, 15) is 0 Å². The second-order valence-corrected chi connectivity index (χ2v) is 15.9. The predicted octanol–water partition coefficient (Wildman–Crippen LogP) is 14.2. The molecule has 61 heavy (non-hydrogen) atoms. The molecule has 0 N–H and O–H groups in total. The van der Waals surface area contributed by atoms with E-state index in [1.165, 1.54) is 22.3 Å². The van der Waals surface area contributed by atoms with E-state index in [1.807, 2.05) is 12.4 Å². The average molecular weight is 785 g/mol. The molecule has 0 spiro atoms. The molecule has 0 bridgehead atoms. The normalized spacial score (nSPS) is 12.6. The Bertz CT molecular complexity index is 3220. The van der Waals surface area contributed by atoms with Crippen molar-refractivity contribution in [3.05, 3.63) is 218 Å². The summed E-state index contributed by atoms with van der Waals surface area (Å²) in [6, 6.07) is 60.9. The summed E-state index contributed by atoms with van der Waals surface area (Å²) in [4.78, 5) is 24.0. The van der Waals surface area contributed by atoms with Gasteiger partial charge in [0.2, 0.25) is 0 Å². The number of fused-ring (bicyclic) bond motifs is 5. The highest BCUT2D eigenvalue weighted by atomic mass is 15.2. The van der Waals surface area contributed by atoms with Gasteiger partial charge in [0.1, 0.15) is 0 Å². The monoisotopic (exact) mass is 784 g/mol. The summed E-state index contributed by atoms with van der Waals surface area (Å²) in [6.07, 6.45) is 10.8. The van der Waals surface area contributed by atoms with Crippen molar-refractivity contribution in [3.63, 3.8) is 0 Å². The first-order valence-corrected chi connectivity index (χ1v) is 20.6. The largest absolute Gasteiger partial charge is 0.292 e. The molecule has 0 unspecified atom stereocenters. The number of hydrogen-bond acceptors (Lipinski definition) is 6. The Morgan fingerprint density at radius 2 is 0.820 bits per heavy atom. The molecule has 10 aromatic rings. The predicted molar refractivity (Wildman–Crippen MR) is 250 cm³/mol. The molecular weight excluding hydrogens is 745 g/mol. The van der Waals surface area contributed by atoms with Crippen LogP contribution >= 0.6 is 0 Å². The van der Waals surface area contributed by atoms with E-state index in [1.54, 1.807) is 24.8 Å². The summed E-state index contributed by atoms with van der Waals surface area (Å²) in [7, 11) is 0. The summed E-state index contributed by atoms with van der Waals surface area (Å²) in [5.74, 6) is 1.43. The molecule has 6 nitrogen and oxygen atoms in total. The first-order chi connectivity index (χ1) is 30.1. The van der Waals surface area contributed by atoms with Crippen molar-refractivity contribution in [3.8, 4) is 33.4 Å². The molecule has 6 heteroatoms. The van der Waals surface area contributed by atoms with Crippen molar-refractivity contribution in [1.82, 2.24) is 19.9 Å². The topological polar surface area (TPSA) is 58.0 Å². The summed E-state index contributed by atoms with van der Waals surface area (Å²) >= 11 is 0. The van der Waals surface area contributed by atoms with Crippen molar-refractivity contribution in [2.24, 2.45) is 0 Å². The van der Waals surface area contributed by atoms with Crippen LogP contribution in [0, 0.1) is 0 Å². The van der Waals surface area contributed by atoms with Gasteiger partial charge in [0.25, 0.3) is 0 Å². The lowest BCUT2D eigenvalue weighted by atomic mass is 9.81. The van der Waals surface area contributed by atoms with Crippen LogP contribution in [0.5, 0.6) is 0 Å². The van der Waals surface area contributed by atoms with E-state index in [2.05, 4.69) is 203 Å². The summed E-state index contributed by atoms with van der Waals surface area (Å²) in [6.45, 7) is 4.69. The first kappa shape index (κ1) is 36.1. The maximum atomic E-state index is 5.05. The maximum absolute atomic E-state index is 5.05. The Balaban J connectivity index is 1.33. The van der Waals surface area contributed by atoms with Gasteiger partial charge in [-0.15, -0.1) is 0 Å². The van der Waals surface area contributed by atoms with Crippen LogP contribution in [0.4, 0.5) is 34.4 Å². The van der Waals surface area contributed by atoms with Crippen molar-refractivity contribution < 1.29 is 0 Å². The van der Waals surface area contributed by atoms with Crippen LogP contribution in [-0.4, -0.2) is 19.9 Å². The van der Waals surface area contributed by atoms with E-state index in [4.69, 9.17) is 9.97 Å². The number of anilines is 6. The van der Waals surface area contributed by atoms with Gasteiger partial charge in [-0.2, -0.15) is 0 Å². The van der Waals surface area contributed by atoms with Crippen LogP contribution in [0.2, 0.25) is 0 Å². The van der Waals surface area contributed by atoms with Gasteiger partial charge in [-0.1, -0.05) is 159 Å². The van der Waals surface area contributed by atoms with Crippen LogP contribution in [-0.2, 0) is 5.41 Å². The van der Waals surface area contributed by atoms with Crippen molar-refractivity contribution in [2.45, 2.75) is 19.3 Å². The third kappa shape index (κ3) is 5.95. The highest BCUT2D eigenvalue weighted by molar-refractivity contribution is 6.24. The minimum absolute atomic E-state index is 0.257. The quantitative estimate of drug-likeness (QED) is 0.113. The van der Waals surface area contributed by atoms with Gasteiger partial charge in [0.05, 0.1) is 35.1 Å². The van der Waals surface area contributed by atoms with E-state index >= 15 is 0 Å². The molecule has 1 aliphatic carbocycles. The molecule has 0 fully saturated rings. The Morgan fingerprint density at radius 3 is 1.33 bits per heavy atom. The smallest absolute Gasteiger partial charge is 0.156 e. The number of hydrogen-bond donors (Lipinski definition) is 0. The van der Waals surface area contributed by atoms with Gasteiger partial charge in [0, 0.05) is 62.9 Å². The molecule has 290 valence electrons. The lowest BCUT2D eigenvalue weighted by Gasteiger charge is -2.33. The number of nitrogens with zero attached hydrogens (tertiary/aromatic N) is 6. The Kier molecular flexibility index (Phi) is 8.71. The van der Waals surface area contributed by atoms with Gasteiger partial charge >= 0.3 is 0 Å². The van der Waals surface area contributed by atoms with E-state index < -0.39 is 0 Å². The van der Waals surface area contributed by atoms with E-state index in [-0.39, 0.29) is 5.41 Å². The van der Waals surface area contributed by atoms with Crippen LogP contribution in [0.25, 0.3) is 54.9 Å². The third-order valence-electron chi connectivity index (χ3n) is 12.1. The Labute approximate surface area is 355 Å². The van der Waals surface area contributed by atoms with Gasteiger partial charge in [-0.05, 0) is 57.6 Å². The average Bonchev–Trinajstić information content (AvgIpc) is 3.55. The number of para-hydroxylation sites is 2. The minimum atomic E-state index is -0.257. The van der Waals surface area contributed by atoms with Crippen LogP contribution in [0.15, 0.2) is 207 Å². The molecule has 2 aromatic heterocycles. The zero-order chi connectivity index (χ0) is 40.9. The number of benzene rings is 8. The highest BCUT2D eigenvalue weighted by Gasteiger charge is 2.37. The first-order valence-electron chi connectivity index (χ1n) is 20.6. The van der Waals surface area contributed by atoms with Crippen LogP contribution in [0.1, 0.15) is 25.0 Å². The molecule has 0 amide bonds. The summed E-state index contributed by atoms with van der Waals surface area (Å²) in [5.41, 5.74) is 13.2. The zero-order valence-corrected chi connectivity index (χ0v) is 33.8. The molecule has 0 radical (unpaired) electrons. The molecule has 0 saturated carbocycles. The molecule has 1 aliphatic rings. The fourth-order valence-electron chi connectivity index (χ4n) is 9.40. The van der Waals surface area contributed by atoms with Crippen molar-refractivity contribution in [1.29, 1.82) is 0 Å². The summed E-state index contributed by atoms with van der Waals surface area (Å²) < 4.78 is 0. The second-order valence-electron chi connectivity index (χ2n) is 15.9. The summed E-state index contributed by atoms with van der Waals surface area (Å²) in [5, 5.41) is 4.25. The fraction of sp³-hybridized carbons (Fsp3) is 0.0545. The van der Waals surface area contributed by atoms with Gasteiger partial charge < -0.3 is 0 Å². The molecule has 8 aromatic carbocycles. The van der Waals surface area contributed by atoms with E-state index in [0.29, 0.717) is 11.6 Å². The molecule has 0 saturated heterocycles. The Morgan fingerprint density at radius 1 is 0.377 bits per heavy atom.